The molecule has 0 aromatic heterocycles. The number of carbonyl (C=O) groups is 1. The molecule has 0 atom stereocenters. The number of hydrogen-bond donors (Lipinski definition) is 1. The van der Waals surface area contributed by atoms with Gasteiger partial charge in [0.15, 0.2) is 0 Å². The fourth-order valence-corrected chi connectivity index (χ4v) is 4.33. The van der Waals surface area contributed by atoms with Gasteiger partial charge in [-0.1, -0.05) is 48.0 Å². The Hall–Kier alpha value is -2.33. The van der Waals surface area contributed by atoms with Gasteiger partial charge >= 0.3 is 0 Å². The summed E-state index contributed by atoms with van der Waals surface area (Å²) in [5, 5.41) is 3.08. The molecule has 2 aliphatic heterocycles. The first kappa shape index (κ1) is 17.1. The van der Waals surface area contributed by atoms with Gasteiger partial charge in [0, 0.05) is 25.3 Å². The Balaban J connectivity index is 1.40. The van der Waals surface area contributed by atoms with Crippen molar-refractivity contribution in [2.75, 3.05) is 31.2 Å². The van der Waals surface area contributed by atoms with Crippen LogP contribution in [0.2, 0.25) is 0 Å². The number of hydrogen-bond acceptors (Lipinski definition) is 3. The molecular weight excluding hydrogens is 322 g/mol. The first-order chi connectivity index (χ1) is 12.7. The van der Waals surface area contributed by atoms with Crippen LogP contribution in [-0.4, -0.2) is 42.6 Å². The lowest BCUT2D eigenvalue weighted by Crippen LogP contribution is -2.56. The molecule has 0 aliphatic carbocycles. The lowest BCUT2D eigenvalue weighted by Gasteiger charge is -2.43. The summed E-state index contributed by atoms with van der Waals surface area (Å²) in [5.41, 5.74) is 3.48. The van der Waals surface area contributed by atoms with Crippen molar-refractivity contribution in [1.82, 2.24) is 10.2 Å². The molecule has 1 N–H and O–H groups in total. The van der Waals surface area contributed by atoms with E-state index < -0.39 is 0 Å². The average Bonchev–Trinajstić information content (AvgIpc) is 2.98. The van der Waals surface area contributed by atoms with E-state index in [0.29, 0.717) is 6.67 Å². The minimum atomic E-state index is -0.374. The molecule has 2 aromatic carbocycles. The second kappa shape index (κ2) is 7.12. The molecule has 136 valence electrons. The zero-order valence-corrected chi connectivity index (χ0v) is 15.4. The summed E-state index contributed by atoms with van der Waals surface area (Å²) in [6, 6.07) is 19.1. The normalized spacial score (nSPS) is 19.7. The Bertz CT molecular complexity index is 766. The number of anilines is 1. The lowest BCUT2D eigenvalue weighted by molar-refractivity contribution is -0.125. The van der Waals surface area contributed by atoms with Gasteiger partial charge in [-0.25, -0.2) is 0 Å². The van der Waals surface area contributed by atoms with E-state index in [1.54, 1.807) is 0 Å². The number of rotatable bonds is 4. The smallest absolute Gasteiger partial charge is 0.247 e. The maximum Gasteiger partial charge on any atom is 0.247 e. The van der Waals surface area contributed by atoms with Crippen molar-refractivity contribution < 1.29 is 4.79 Å². The highest BCUT2D eigenvalue weighted by atomic mass is 16.2. The summed E-state index contributed by atoms with van der Waals surface area (Å²) >= 11 is 0. The molecule has 2 heterocycles. The van der Waals surface area contributed by atoms with Gasteiger partial charge < -0.3 is 15.1 Å². The van der Waals surface area contributed by atoms with E-state index in [-0.39, 0.29) is 11.4 Å². The highest BCUT2D eigenvalue weighted by molar-refractivity contribution is 5.93. The minimum Gasteiger partial charge on any atom is -0.339 e. The first-order valence-corrected chi connectivity index (χ1v) is 9.56. The molecule has 0 radical (unpaired) electrons. The molecule has 26 heavy (non-hydrogen) atoms. The zero-order valence-electron chi connectivity index (χ0n) is 15.4. The number of aryl methyl sites for hydroxylation is 1. The second-order valence-electron chi connectivity index (χ2n) is 7.54. The highest BCUT2D eigenvalue weighted by Gasteiger charge is 2.50. The van der Waals surface area contributed by atoms with Gasteiger partial charge in [-0.2, -0.15) is 0 Å². The quantitative estimate of drug-likeness (QED) is 0.922. The molecule has 2 aliphatic rings. The molecule has 0 saturated carbocycles. The predicted molar refractivity (Wildman–Crippen MR) is 105 cm³/mol. The molecule has 2 aromatic rings. The molecular formula is C22H27N3O. The van der Waals surface area contributed by atoms with E-state index >= 15 is 0 Å². The summed E-state index contributed by atoms with van der Waals surface area (Å²) in [7, 11) is 0. The molecule has 2 saturated heterocycles. The maximum absolute atomic E-state index is 12.7. The Morgan fingerprint density at radius 3 is 2.54 bits per heavy atom. The van der Waals surface area contributed by atoms with Crippen LogP contribution < -0.4 is 10.2 Å². The number of amides is 1. The Morgan fingerprint density at radius 1 is 1.04 bits per heavy atom. The predicted octanol–water partition coefficient (Wildman–Crippen LogP) is 2.97. The maximum atomic E-state index is 12.7. The van der Waals surface area contributed by atoms with Crippen LogP contribution in [0.1, 0.15) is 24.0 Å². The fraction of sp³-hybridized carbons (Fsp3) is 0.409. The number of piperidine rings is 1. The number of likely N-dealkylation sites (tertiary alicyclic amines) is 1. The molecule has 1 spiro atoms. The van der Waals surface area contributed by atoms with Gasteiger partial charge in [-0.3, -0.25) is 4.79 Å². The van der Waals surface area contributed by atoms with E-state index in [2.05, 4.69) is 58.4 Å². The SMILES string of the molecule is Cc1cccc(CCN2CCC3(CC2)C(=O)NCN3c2ccccc2)c1. The number of nitrogens with one attached hydrogen (secondary N) is 1. The molecule has 1 amide bonds. The first-order valence-electron chi connectivity index (χ1n) is 9.56. The summed E-state index contributed by atoms with van der Waals surface area (Å²) in [4.78, 5) is 17.5. The van der Waals surface area contributed by atoms with Gasteiger partial charge in [0.2, 0.25) is 5.91 Å². The minimum absolute atomic E-state index is 0.194. The molecule has 2 fully saturated rings. The molecule has 0 unspecified atom stereocenters. The van der Waals surface area contributed by atoms with Crippen LogP contribution in [0.5, 0.6) is 0 Å². The van der Waals surface area contributed by atoms with E-state index in [4.69, 9.17) is 0 Å². The third-order valence-electron chi connectivity index (χ3n) is 5.89. The highest BCUT2D eigenvalue weighted by Crippen LogP contribution is 2.36. The van der Waals surface area contributed by atoms with Gasteiger partial charge in [0.25, 0.3) is 0 Å². The summed E-state index contributed by atoms with van der Waals surface area (Å²) in [6.07, 6.45) is 2.85. The van der Waals surface area contributed by atoms with Crippen molar-refractivity contribution in [2.45, 2.75) is 31.7 Å². The van der Waals surface area contributed by atoms with E-state index in [0.717, 1.165) is 44.6 Å². The number of benzene rings is 2. The molecule has 0 bridgehead atoms. The van der Waals surface area contributed by atoms with E-state index in [9.17, 15) is 4.79 Å². The van der Waals surface area contributed by atoms with Crippen LogP contribution in [0.3, 0.4) is 0 Å². The van der Waals surface area contributed by atoms with Crippen LogP contribution in [0.4, 0.5) is 5.69 Å². The molecule has 4 heteroatoms. The summed E-state index contributed by atoms with van der Waals surface area (Å²) < 4.78 is 0. The fourth-order valence-electron chi connectivity index (χ4n) is 4.33. The number of nitrogens with zero attached hydrogens (tertiary/aromatic N) is 2. The third kappa shape index (κ3) is 3.21. The topological polar surface area (TPSA) is 35.6 Å². The van der Waals surface area contributed by atoms with Crippen LogP contribution in [-0.2, 0) is 11.2 Å². The van der Waals surface area contributed by atoms with Crippen LogP contribution in [0.15, 0.2) is 54.6 Å². The van der Waals surface area contributed by atoms with Crippen LogP contribution >= 0.6 is 0 Å². The van der Waals surface area contributed by atoms with Gasteiger partial charge in [-0.05, 0) is 43.9 Å². The van der Waals surface area contributed by atoms with Gasteiger partial charge in [0.1, 0.15) is 5.54 Å². The Kier molecular flexibility index (Phi) is 4.68. The number of para-hydroxylation sites is 1. The average molecular weight is 349 g/mol. The van der Waals surface area contributed by atoms with E-state index in [1.165, 1.54) is 11.1 Å². The Morgan fingerprint density at radius 2 is 1.81 bits per heavy atom. The summed E-state index contributed by atoms with van der Waals surface area (Å²) in [6.45, 7) is 5.77. The lowest BCUT2D eigenvalue weighted by atomic mass is 9.85. The van der Waals surface area contributed by atoms with Crippen molar-refractivity contribution in [3.63, 3.8) is 0 Å². The summed E-state index contributed by atoms with van der Waals surface area (Å²) in [5.74, 6) is 0.194. The zero-order chi connectivity index (χ0) is 18.0. The largest absolute Gasteiger partial charge is 0.339 e. The number of carbonyl (C=O) groups excluding carboxylic acids is 1. The molecule has 4 nitrogen and oxygen atoms in total. The third-order valence-corrected chi connectivity index (χ3v) is 5.89. The van der Waals surface area contributed by atoms with Crippen molar-refractivity contribution in [1.29, 1.82) is 0 Å². The second-order valence-corrected chi connectivity index (χ2v) is 7.54. The molecule has 4 rings (SSSR count). The van der Waals surface area contributed by atoms with Crippen molar-refractivity contribution >= 4 is 11.6 Å². The van der Waals surface area contributed by atoms with Gasteiger partial charge in [-0.15, -0.1) is 0 Å². The van der Waals surface area contributed by atoms with Crippen molar-refractivity contribution in [3.05, 3.63) is 65.7 Å². The van der Waals surface area contributed by atoms with E-state index in [1.807, 2.05) is 18.2 Å². The van der Waals surface area contributed by atoms with Gasteiger partial charge in [0.05, 0.1) is 6.67 Å². The van der Waals surface area contributed by atoms with Crippen LogP contribution in [0.25, 0.3) is 0 Å². The van der Waals surface area contributed by atoms with Crippen LogP contribution in [0, 0.1) is 6.92 Å². The Labute approximate surface area is 155 Å². The standard InChI is InChI=1S/C22H27N3O/c1-18-6-5-7-19(16-18)10-13-24-14-11-22(12-15-24)21(26)23-17-25(22)20-8-3-2-4-9-20/h2-9,16H,10-15,17H2,1H3,(H,23,26). The van der Waals surface area contributed by atoms with Crippen molar-refractivity contribution in [3.8, 4) is 0 Å². The monoisotopic (exact) mass is 349 g/mol. The van der Waals surface area contributed by atoms with Crippen molar-refractivity contribution in [2.24, 2.45) is 0 Å².